The van der Waals surface area contributed by atoms with Gasteiger partial charge in [-0.3, -0.25) is 19.3 Å². The SMILES string of the molecule is C[C@H](C(=O)Nc1ccccc1O)N1C(=O)[C@H]2[C@H](C1=O)[C@H]1C=C[C@H]2C1. The lowest BCUT2D eigenvalue weighted by molar-refractivity contribution is -0.146. The number of rotatable bonds is 3. The third-order valence-electron chi connectivity index (χ3n) is 5.43. The van der Waals surface area contributed by atoms with Gasteiger partial charge in [0.2, 0.25) is 17.7 Å². The lowest BCUT2D eigenvalue weighted by atomic mass is 9.85. The van der Waals surface area contributed by atoms with E-state index in [1.54, 1.807) is 25.1 Å². The number of anilines is 1. The summed E-state index contributed by atoms with van der Waals surface area (Å²) in [6, 6.07) is 5.44. The lowest BCUT2D eigenvalue weighted by Gasteiger charge is -2.24. The van der Waals surface area contributed by atoms with Crippen LogP contribution in [0.3, 0.4) is 0 Å². The zero-order chi connectivity index (χ0) is 17.0. The second kappa shape index (κ2) is 5.19. The Kier molecular flexibility index (Phi) is 3.23. The summed E-state index contributed by atoms with van der Waals surface area (Å²) in [5, 5.41) is 12.3. The van der Waals surface area contributed by atoms with Crippen LogP contribution in [0.5, 0.6) is 5.75 Å². The fourth-order valence-electron chi connectivity index (χ4n) is 4.24. The van der Waals surface area contributed by atoms with Gasteiger partial charge in [0.1, 0.15) is 11.8 Å². The molecule has 0 radical (unpaired) electrons. The van der Waals surface area contributed by atoms with Crippen molar-refractivity contribution in [2.75, 3.05) is 5.32 Å². The van der Waals surface area contributed by atoms with E-state index in [-0.39, 0.29) is 46.9 Å². The second-order valence-corrected chi connectivity index (χ2v) is 6.73. The fraction of sp³-hybridized carbons (Fsp3) is 0.389. The summed E-state index contributed by atoms with van der Waals surface area (Å²) >= 11 is 0. The fourth-order valence-corrected chi connectivity index (χ4v) is 4.24. The highest BCUT2D eigenvalue weighted by Gasteiger charge is 2.60. The van der Waals surface area contributed by atoms with Crippen molar-refractivity contribution in [1.29, 1.82) is 0 Å². The van der Waals surface area contributed by atoms with E-state index in [1.807, 2.05) is 12.2 Å². The molecule has 3 amide bonds. The molecule has 4 rings (SSSR count). The molecular weight excluding hydrogens is 308 g/mol. The number of benzene rings is 1. The molecule has 1 aromatic rings. The largest absolute Gasteiger partial charge is 0.506 e. The van der Waals surface area contributed by atoms with Gasteiger partial charge < -0.3 is 10.4 Å². The molecule has 6 nitrogen and oxygen atoms in total. The quantitative estimate of drug-likeness (QED) is 0.501. The molecule has 1 aromatic carbocycles. The molecule has 1 heterocycles. The molecule has 0 spiro atoms. The zero-order valence-electron chi connectivity index (χ0n) is 13.2. The maximum Gasteiger partial charge on any atom is 0.247 e. The minimum atomic E-state index is -0.908. The molecule has 2 bridgehead atoms. The first-order valence-corrected chi connectivity index (χ1v) is 8.13. The van der Waals surface area contributed by atoms with E-state index in [9.17, 15) is 19.5 Å². The van der Waals surface area contributed by atoms with Crippen LogP contribution in [-0.2, 0) is 14.4 Å². The predicted octanol–water partition coefficient (Wildman–Crippen LogP) is 1.53. The number of phenolic OH excluding ortho intramolecular Hbond substituents is 1. The van der Waals surface area contributed by atoms with Gasteiger partial charge in [0.15, 0.2) is 0 Å². The number of hydrogen-bond donors (Lipinski definition) is 2. The minimum Gasteiger partial charge on any atom is -0.506 e. The van der Waals surface area contributed by atoms with Crippen LogP contribution in [-0.4, -0.2) is 33.8 Å². The number of nitrogens with one attached hydrogen (secondary N) is 1. The monoisotopic (exact) mass is 326 g/mol. The average Bonchev–Trinajstić information content (AvgIpc) is 3.23. The molecule has 6 heteroatoms. The molecule has 3 aliphatic rings. The van der Waals surface area contributed by atoms with Gasteiger partial charge in [-0.05, 0) is 37.3 Å². The van der Waals surface area contributed by atoms with Crippen LogP contribution in [0.15, 0.2) is 36.4 Å². The van der Waals surface area contributed by atoms with Crippen molar-refractivity contribution in [3.8, 4) is 5.75 Å². The van der Waals surface area contributed by atoms with Crippen LogP contribution in [0.1, 0.15) is 13.3 Å². The molecule has 0 unspecified atom stereocenters. The summed E-state index contributed by atoms with van der Waals surface area (Å²) in [5.41, 5.74) is 0.260. The van der Waals surface area contributed by atoms with Crippen LogP contribution >= 0.6 is 0 Å². The highest BCUT2D eigenvalue weighted by atomic mass is 16.3. The number of imide groups is 1. The van der Waals surface area contributed by atoms with Crippen LogP contribution in [0.25, 0.3) is 0 Å². The summed E-state index contributed by atoms with van der Waals surface area (Å²) in [6.07, 6.45) is 4.90. The van der Waals surface area contributed by atoms with Gasteiger partial charge in [0, 0.05) is 0 Å². The number of aromatic hydroxyl groups is 1. The molecule has 0 aromatic heterocycles. The molecule has 1 saturated carbocycles. The summed E-state index contributed by atoms with van der Waals surface area (Å²) in [6.45, 7) is 1.54. The van der Waals surface area contributed by atoms with Gasteiger partial charge in [-0.25, -0.2) is 0 Å². The van der Waals surface area contributed by atoms with Gasteiger partial charge in [-0.2, -0.15) is 0 Å². The van der Waals surface area contributed by atoms with Crippen molar-refractivity contribution >= 4 is 23.4 Å². The number of amides is 3. The van der Waals surface area contributed by atoms with Crippen molar-refractivity contribution in [3.63, 3.8) is 0 Å². The number of carbonyl (C=O) groups excluding carboxylic acids is 3. The zero-order valence-corrected chi connectivity index (χ0v) is 13.2. The predicted molar refractivity (Wildman–Crippen MR) is 85.8 cm³/mol. The Labute approximate surface area is 139 Å². The van der Waals surface area contributed by atoms with Gasteiger partial charge >= 0.3 is 0 Å². The normalized spacial score (nSPS) is 31.5. The molecule has 1 saturated heterocycles. The maximum atomic E-state index is 12.7. The Hall–Kier alpha value is -2.63. The molecule has 5 atom stereocenters. The molecule has 2 aliphatic carbocycles. The number of fused-ring (bicyclic) bond motifs is 5. The Morgan fingerprint density at radius 1 is 1.17 bits per heavy atom. The molecular formula is C18H18N2O4. The van der Waals surface area contributed by atoms with E-state index in [4.69, 9.17) is 0 Å². The number of phenols is 1. The summed E-state index contributed by atoms with van der Waals surface area (Å²) in [5.74, 6) is -1.43. The molecule has 1 aliphatic heterocycles. The summed E-state index contributed by atoms with van der Waals surface area (Å²) in [4.78, 5) is 39.0. The van der Waals surface area contributed by atoms with E-state index >= 15 is 0 Å². The van der Waals surface area contributed by atoms with Crippen molar-refractivity contribution in [3.05, 3.63) is 36.4 Å². The summed E-state index contributed by atoms with van der Waals surface area (Å²) < 4.78 is 0. The van der Waals surface area contributed by atoms with Crippen LogP contribution in [0, 0.1) is 23.7 Å². The number of nitrogens with zero attached hydrogens (tertiary/aromatic N) is 1. The third-order valence-corrected chi connectivity index (χ3v) is 5.43. The Morgan fingerprint density at radius 2 is 1.75 bits per heavy atom. The Morgan fingerprint density at radius 3 is 2.33 bits per heavy atom. The van der Waals surface area contributed by atoms with E-state index in [2.05, 4.69) is 5.32 Å². The molecule has 2 N–H and O–H groups in total. The minimum absolute atomic E-state index is 0.0590. The van der Waals surface area contributed by atoms with Crippen molar-refractivity contribution in [2.24, 2.45) is 23.7 Å². The first-order valence-electron chi connectivity index (χ1n) is 8.13. The van der Waals surface area contributed by atoms with Crippen molar-refractivity contribution in [2.45, 2.75) is 19.4 Å². The van der Waals surface area contributed by atoms with Crippen LogP contribution in [0.2, 0.25) is 0 Å². The second-order valence-electron chi connectivity index (χ2n) is 6.73. The highest BCUT2D eigenvalue weighted by Crippen LogP contribution is 2.52. The molecule has 124 valence electrons. The van der Waals surface area contributed by atoms with E-state index < -0.39 is 11.9 Å². The average molecular weight is 326 g/mol. The smallest absolute Gasteiger partial charge is 0.247 e. The van der Waals surface area contributed by atoms with Crippen molar-refractivity contribution < 1.29 is 19.5 Å². The standard InChI is InChI=1S/C18H18N2O4/c1-9(16(22)19-12-4-2-3-5-13(12)21)20-17(23)14-10-6-7-11(8-10)15(14)18(20)24/h2-7,9-11,14-15,21H,8H2,1H3,(H,19,22)/t9-,10+,11+,14-,15-/m1/s1. The first-order chi connectivity index (χ1) is 11.5. The Balaban J connectivity index is 1.54. The van der Waals surface area contributed by atoms with Crippen molar-refractivity contribution in [1.82, 2.24) is 4.90 Å². The highest BCUT2D eigenvalue weighted by molar-refractivity contribution is 6.10. The maximum absolute atomic E-state index is 12.7. The van der Waals surface area contributed by atoms with E-state index in [0.717, 1.165) is 11.3 Å². The Bertz CT molecular complexity index is 742. The van der Waals surface area contributed by atoms with Crippen LogP contribution in [0.4, 0.5) is 5.69 Å². The van der Waals surface area contributed by atoms with E-state index in [0.29, 0.717) is 0 Å². The first kappa shape index (κ1) is 14.9. The summed E-state index contributed by atoms with van der Waals surface area (Å²) in [7, 11) is 0. The number of hydrogen-bond acceptors (Lipinski definition) is 4. The molecule has 2 fully saturated rings. The number of para-hydroxylation sites is 2. The van der Waals surface area contributed by atoms with Gasteiger partial charge in [-0.15, -0.1) is 0 Å². The van der Waals surface area contributed by atoms with Gasteiger partial charge in [0.25, 0.3) is 0 Å². The number of allylic oxidation sites excluding steroid dienone is 2. The molecule has 24 heavy (non-hydrogen) atoms. The van der Waals surface area contributed by atoms with Gasteiger partial charge in [-0.1, -0.05) is 24.3 Å². The third kappa shape index (κ3) is 1.99. The van der Waals surface area contributed by atoms with Crippen LogP contribution < -0.4 is 5.32 Å². The number of carbonyl (C=O) groups is 3. The number of likely N-dealkylation sites (tertiary alicyclic amines) is 1. The van der Waals surface area contributed by atoms with Gasteiger partial charge in [0.05, 0.1) is 17.5 Å². The lowest BCUT2D eigenvalue weighted by Crippen LogP contribution is -2.46. The van der Waals surface area contributed by atoms with E-state index in [1.165, 1.54) is 6.07 Å². The topological polar surface area (TPSA) is 86.7 Å².